The topological polar surface area (TPSA) is 63.8 Å². The number of allylic oxidation sites excluding steroid dienone is 1. The lowest BCUT2D eigenvalue weighted by atomic mass is 9.83. The standard InChI is InChI=1S/C30H25BrN2O3S2/c1-3-36-24-15-17(14-23(31)28(24)34)16-25-29(35)33-27(19-8-11-20(37-2)12-9-19)22-13-10-18-6-4-5-7-21(18)26(22)32-30(33)38-25/h4-9,11-12,14-16,27,34H,3,10,13H2,1-2H3. The number of fused-ring (bicyclic) bond motifs is 3. The summed E-state index contributed by atoms with van der Waals surface area (Å²) in [4.78, 5) is 20.9. The van der Waals surface area contributed by atoms with E-state index < -0.39 is 0 Å². The maximum atomic E-state index is 14.0. The van der Waals surface area contributed by atoms with Gasteiger partial charge in [-0.2, -0.15) is 0 Å². The van der Waals surface area contributed by atoms with Gasteiger partial charge < -0.3 is 9.84 Å². The highest BCUT2D eigenvalue weighted by molar-refractivity contribution is 9.10. The molecular weight excluding hydrogens is 580 g/mol. The molecule has 1 aromatic heterocycles. The smallest absolute Gasteiger partial charge is 0.271 e. The number of benzene rings is 3. The first-order valence-corrected chi connectivity index (χ1v) is 15.2. The molecule has 0 saturated heterocycles. The van der Waals surface area contributed by atoms with Crippen molar-refractivity contribution in [3.8, 4) is 11.5 Å². The van der Waals surface area contributed by atoms with Crippen LogP contribution in [0.1, 0.15) is 41.6 Å². The number of thioether (sulfide) groups is 1. The number of thiazole rings is 1. The zero-order chi connectivity index (χ0) is 26.4. The van der Waals surface area contributed by atoms with E-state index in [9.17, 15) is 9.90 Å². The van der Waals surface area contributed by atoms with Gasteiger partial charge in [-0.25, -0.2) is 4.99 Å². The van der Waals surface area contributed by atoms with E-state index in [-0.39, 0.29) is 17.4 Å². The molecule has 0 fully saturated rings. The van der Waals surface area contributed by atoms with Crippen LogP contribution in [0.4, 0.5) is 0 Å². The Balaban J connectivity index is 1.58. The van der Waals surface area contributed by atoms with Crippen LogP contribution in [0.25, 0.3) is 11.8 Å². The first-order valence-electron chi connectivity index (χ1n) is 12.4. The quantitative estimate of drug-likeness (QED) is 0.288. The Morgan fingerprint density at radius 1 is 1.18 bits per heavy atom. The highest BCUT2D eigenvalue weighted by Crippen LogP contribution is 2.41. The SMILES string of the molecule is CCOc1cc(C=c2sc3n(c2=O)C(c2ccc(SC)cc2)C2=C(N=3)c3ccccc3CC2)cc(Br)c1O. The van der Waals surface area contributed by atoms with Crippen LogP contribution in [0.3, 0.4) is 0 Å². The van der Waals surface area contributed by atoms with Crippen molar-refractivity contribution in [3.05, 3.63) is 113 Å². The normalized spacial score (nSPS) is 16.5. The molecule has 2 heterocycles. The van der Waals surface area contributed by atoms with Crippen molar-refractivity contribution in [3.63, 3.8) is 0 Å². The van der Waals surface area contributed by atoms with Crippen LogP contribution in [0, 0.1) is 0 Å². The highest BCUT2D eigenvalue weighted by Gasteiger charge is 2.32. The second-order valence-electron chi connectivity index (χ2n) is 9.17. The fourth-order valence-corrected chi connectivity index (χ4v) is 7.07. The number of nitrogens with zero attached hydrogens (tertiary/aromatic N) is 2. The second-order valence-corrected chi connectivity index (χ2v) is 11.9. The summed E-state index contributed by atoms with van der Waals surface area (Å²) in [5.74, 6) is 0.422. The molecule has 6 rings (SSSR count). The number of rotatable bonds is 5. The molecule has 1 atom stereocenters. The monoisotopic (exact) mass is 604 g/mol. The predicted octanol–water partition coefficient (Wildman–Crippen LogP) is 5.91. The van der Waals surface area contributed by atoms with Gasteiger partial charge in [0, 0.05) is 10.5 Å². The molecule has 4 aromatic rings. The van der Waals surface area contributed by atoms with E-state index in [0.717, 1.165) is 35.2 Å². The molecular formula is C30H25BrN2O3S2. The van der Waals surface area contributed by atoms with Gasteiger partial charge in [0.2, 0.25) is 0 Å². The van der Waals surface area contributed by atoms with Gasteiger partial charge in [0.1, 0.15) is 0 Å². The number of phenols is 1. The number of ether oxygens (including phenoxy) is 1. The predicted molar refractivity (Wildman–Crippen MR) is 158 cm³/mol. The first kappa shape index (κ1) is 25.2. The van der Waals surface area contributed by atoms with Crippen LogP contribution in [-0.4, -0.2) is 22.5 Å². The third-order valence-electron chi connectivity index (χ3n) is 6.95. The highest BCUT2D eigenvalue weighted by atomic mass is 79.9. The molecule has 0 saturated carbocycles. The van der Waals surface area contributed by atoms with Crippen molar-refractivity contribution in [2.45, 2.75) is 30.7 Å². The minimum absolute atomic E-state index is 0.0467. The average molecular weight is 606 g/mol. The van der Waals surface area contributed by atoms with E-state index >= 15 is 0 Å². The Morgan fingerprint density at radius 2 is 1.97 bits per heavy atom. The van der Waals surface area contributed by atoms with Crippen LogP contribution >= 0.6 is 39.0 Å². The summed E-state index contributed by atoms with van der Waals surface area (Å²) >= 11 is 6.51. The average Bonchev–Trinajstić information content (AvgIpc) is 3.24. The summed E-state index contributed by atoms with van der Waals surface area (Å²) in [6.45, 7) is 2.29. The van der Waals surface area contributed by atoms with Crippen molar-refractivity contribution in [1.82, 2.24) is 4.57 Å². The molecule has 1 aliphatic heterocycles. The minimum atomic E-state index is -0.210. The molecule has 5 nitrogen and oxygen atoms in total. The van der Waals surface area contributed by atoms with Gasteiger partial charge in [0.15, 0.2) is 16.3 Å². The summed E-state index contributed by atoms with van der Waals surface area (Å²) < 4.78 is 8.55. The van der Waals surface area contributed by atoms with Crippen LogP contribution in [-0.2, 0) is 6.42 Å². The molecule has 0 amide bonds. The molecule has 0 spiro atoms. The lowest BCUT2D eigenvalue weighted by Crippen LogP contribution is -2.38. The number of hydrogen-bond acceptors (Lipinski definition) is 6. The van der Waals surface area contributed by atoms with Crippen molar-refractivity contribution < 1.29 is 9.84 Å². The zero-order valence-electron chi connectivity index (χ0n) is 20.9. The van der Waals surface area contributed by atoms with Crippen LogP contribution < -0.4 is 19.6 Å². The Hall–Kier alpha value is -3.07. The molecule has 8 heteroatoms. The number of phenolic OH excluding ortho intramolecular Hbond substituents is 1. The van der Waals surface area contributed by atoms with Gasteiger partial charge >= 0.3 is 0 Å². The summed E-state index contributed by atoms with van der Waals surface area (Å²) in [6, 6.07) is 20.3. The van der Waals surface area contributed by atoms with Gasteiger partial charge in [-0.3, -0.25) is 9.36 Å². The Labute approximate surface area is 237 Å². The van der Waals surface area contributed by atoms with E-state index in [0.29, 0.717) is 26.2 Å². The third kappa shape index (κ3) is 4.34. The van der Waals surface area contributed by atoms with Crippen molar-refractivity contribution >= 4 is 50.8 Å². The van der Waals surface area contributed by atoms with Crippen molar-refractivity contribution in [2.24, 2.45) is 4.99 Å². The van der Waals surface area contributed by atoms with Crippen LogP contribution in [0.5, 0.6) is 11.5 Å². The van der Waals surface area contributed by atoms with E-state index in [4.69, 9.17) is 9.73 Å². The van der Waals surface area contributed by atoms with Gasteiger partial charge in [0.05, 0.1) is 27.4 Å². The molecule has 38 heavy (non-hydrogen) atoms. The van der Waals surface area contributed by atoms with Crippen LogP contribution in [0.15, 0.2) is 85.4 Å². The molecule has 0 radical (unpaired) electrons. The van der Waals surface area contributed by atoms with Gasteiger partial charge in [0.25, 0.3) is 5.56 Å². The van der Waals surface area contributed by atoms with Gasteiger partial charge in [-0.1, -0.05) is 47.7 Å². The first-order chi connectivity index (χ1) is 18.5. The van der Waals surface area contributed by atoms with E-state index in [1.165, 1.54) is 27.4 Å². The number of aromatic nitrogens is 1. The van der Waals surface area contributed by atoms with Crippen molar-refractivity contribution in [2.75, 3.05) is 12.9 Å². The minimum Gasteiger partial charge on any atom is -0.503 e. The fourth-order valence-electron chi connectivity index (χ4n) is 5.20. The molecule has 192 valence electrons. The summed E-state index contributed by atoms with van der Waals surface area (Å²) in [5.41, 5.74) is 6.40. The molecule has 1 unspecified atom stereocenters. The lowest BCUT2D eigenvalue weighted by molar-refractivity contribution is 0.317. The molecule has 0 bridgehead atoms. The fraction of sp³-hybridized carbons (Fsp3) is 0.200. The number of aromatic hydroxyl groups is 1. The maximum absolute atomic E-state index is 14.0. The van der Waals surface area contributed by atoms with E-state index in [2.05, 4.69) is 70.7 Å². The molecule has 1 N–H and O–H groups in total. The van der Waals surface area contributed by atoms with Gasteiger partial charge in [-0.15, -0.1) is 11.8 Å². The zero-order valence-corrected chi connectivity index (χ0v) is 24.1. The van der Waals surface area contributed by atoms with E-state index in [1.54, 1.807) is 23.9 Å². The summed E-state index contributed by atoms with van der Waals surface area (Å²) in [6.07, 6.45) is 5.70. The molecule has 3 aromatic carbocycles. The van der Waals surface area contributed by atoms with Gasteiger partial charge in [-0.05, 0) is 94.6 Å². The maximum Gasteiger partial charge on any atom is 0.271 e. The Kier molecular flexibility index (Phi) is 6.80. The second kappa shape index (κ2) is 10.2. The number of aryl methyl sites for hydroxylation is 1. The number of halogens is 1. The Morgan fingerprint density at radius 3 is 2.74 bits per heavy atom. The molecule has 2 aliphatic rings. The summed E-state index contributed by atoms with van der Waals surface area (Å²) in [7, 11) is 0. The number of hydrogen-bond donors (Lipinski definition) is 1. The summed E-state index contributed by atoms with van der Waals surface area (Å²) in [5, 5.41) is 10.3. The third-order valence-corrected chi connectivity index (χ3v) is 9.28. The molecule has 1 aliphatic carbocycles. The van der Waals surface area contributed by atoms with Crippen LogP contribution in [0.2, 0.25) is 0 Å². The lowest BCUT2D eigenvalue weighted by Gasteiger charge is -2.30. The largest absolute Gasteiger partial charge is 0.503 e. The van der Waals surface area contributed by atoms with E-state index in [1.807, 2.05) is 17.6 Å². The Bertz CT molecular complexity index is 1770. The van der Waals surface area contributed by atoms with Crippen molar-refractivity contribution in [1.29, 1.82) is 0 Å².